The Kier molecular flexibility index (Phi) is 6.14. The number of ether oxygens (including phenoxy) is 1. The maximum Gasteiger partial charge on any atom is 0.261 e. The van der Waals surface area contributed by atoms with Gasteiger partial charge in [0, 0.05) is 18.4 Å². The van der Waals surface area contributed by atoms with Crippen molar-refractivity contribution in [3.8, 4) is 5.88 Å². The lowest BCUT2D eigenvalue weighted by molar-refractivity contribution is 0.0955. The third kappa shape index (κ3) is 4.23. The largest absolute Gasteiger partial charge is 0.477 e. The molecule has 24 heavy (non-hydrogen) atoms. The lowest BCUT2D eigenvalue weighted by Gasteiger charge is -2.11. The van der Waals surface area contributed by atoms with Crippen LogP contribution in [0, 0.1) is 0 Å². The monoisotopic (exact) mass is 347 g/mol. The Hall–Kier alpha value is -2.60. The van der Waals surface area contributed by atoms with Gasteiger partial charge in [0.25, 0.3) is 11.8 Å². The van der Waals surface area contributed by atoms with Crippen LogP contribution >= 0.6 is 11.6 Å². The SMILES string of the molecule is CCNC(=O)c1ccc(NC(=O)c2cccnc2OCC)cc1Cl. The number of hydrogen-bond acceptors (Lipinski definition) is 4. The molecule has 0 spiro atoms. The molecule has 0 aliphatic heterocycles. The van der Waals surface area contributed by atoms with Gasteiger partial charge in [-0.25, -0.2) is 4.98 Å². The van der Waals surface area contributed by atoms with Crippen molar-refractivity contribution in [1.29, 1.82) is 0 Å². The molecule has 0 fully saturated rings. The predicted octanol–water partition coefficient (Wildman–Crippen LogP) is 3.14. The highest BCUT2D eigenvalue weighted by Gasteiger charge is 2.15. The number of aromatic nitrogens is 1. The average molecular weight is 348 g/mol. The van der Waals surface area contributed by atoms with Gasteiger partial charge in [-0.3, -0.25) is 9.59 Å². The summed E-state index contributed by atoms with van der Waals surface area (Å²) in [4.78, 5) is 28.3. The van der Waals surface area contributed by atoms with Crippen molar-refractivity contribution in [3.63, 3.8) is 0 Å². The fourth-order valence-corrected chi connectivity index (χ4v) is 2.31. The van der Waals surface area contributed by atoms with E-state index in [1.165, 1.54) is 6.07 Å². The van der Waals surface area contributed by atoms with Crippen molar-refractivity contribution in [2.24, 2.45) is 0 Å². The molecule has 2 rings (SSSR count). The second-order valence-corrected chi connectivity index (χ2v) is 5.20. The minimum atomic E-state index is -0.367. The summed E-state index contributed by atoms with van der Waals surface area (Å²) >= 11 is 6.12. The molecule has 0 radical (unpaired) electrons. The molecular weight excluding hydrogens is 330 g/mol. The number of rotatable bonds is 6. The summed E-state index contributed by atoms with van der Waals surface area (Å²) < 4.78 is 5.35. The Bertz CT molecular complexity index is 750. The van der Waals surface area contributed by atoms with E-state index >= 15 is 0 Å². The Morgan fingerprint density at radius 2 is 1.96 bits per heavy atom. The van der Waals surface area contributed by atoms with E-state index in [-0.39, 0.29) is 22.7 Å². The van der Waals surface area contributed by atoms with Crippen LogP contribution in [0.25, 0.3) is 0 Å². The molecule has 0 unspecified atom stereocenters. The maximum atomic E-state index is 12.4. The number of benzene rings is 1. The molecule has 1 aromatic heterocycles. The minimum Gasteiger partial charge on any atom is -0.477 e. The Morgan fingerprint density at radius 1 is 1.17 bits per heavy atom. The molecule has 2 aromatic rings. The van der Waals surface area contributed by atoms with Crippen molar-refractivity contribution < 1.29 is 14.3 Å². The van der Waals surface area contributed by atoms with Crippen LogP contribution in [0.3, 0.4) is 0 Å². The maximum absolute atomic E-state index is 12.4. The van der Waals surface area contributed by atoms with Gasteiger partial charge in [0.05, 0.1) is 17.2 Å². The Balaban J connectivity index is 2.18. The van der Waals surface area contributed by atoms with Crippen molar-refractivity contribution in [2.45, 2.75) is 13.8 Å². The highest BCUT2D eigenvalue weighted by Crippen LogP contribution is 2.22. The summed E-state index contributed by atoms with van der Waals surface area (Å²) in [5.74, 6) is -0.359. The van der Waals surface area contributed by atoms with E-state index < -0.39 is 0 Å². The lowest BCUT2D eigenvalue weighted by atomic mass is 10.1. The molecular formula is C17H18ClN3O3. The number of nitrogens with one attached hydrogen (secondary N) is 2. The quantitative estimate of drug-likeness (QED) is 0.841. The van der Waals surface area contributed by atoms with Crippen LogP contribution < -0.4 is 15.4 Å². The fourth-order valence-electron chi connectivity index (χ4n) is 2.05. The second-order valence-electron chi connectivity index (χ2n) is 4.80. The third-order valence-corrected chi connectivity index (χ3v) is 3.42. The molecule has 6 nitrogen and oxygen atoms in total. The first kappa shape index (κ1) is 17.7. The first-order chi connectivity index (χ1) is 11.6. The summed E-state index contributed by atoms with van der Waals surface area (Å²) in [5.41, 5.74) is 1.15. The summed E-state index contributed by atoms with van der Waals surface area (Å²) in [5, 5.41) is 5.65. The van der Waals surface area contributed by atoms with Gasteiger partial charge in [0.1, 0.15) is 5.56 Å². The number of amides is 2. The molecule has 1 heterocycles. The van der Waals surface area contributed by atoms with Gasteiger partial charge in [0.15, 0.2) is 0 Å². The van der Waals surface area contributed by atoms with Gasteiger partial charge >= 0.3 is 0 Å². The van der Waals surface area contributed by atoms with E-state index in [1.807, 2.05) is 13.8 Å². The molecule has 0 aliphatic carbocycles. The molecule has 0 saturated carbocycles. The van der Waals surface area contributed by atoms with E-state index in [0.717, 1.165) is 0 Å². The van der Waals surface area contributed by atoms with Crippen LogP contribution in [-0.4, -0.2) is 29.9 Å². The predicted molar refractivity (Wildman–Crippen MR) is 92.8 cm³/mol. The van der Waals surface area contributed by atoms with Gasteiger partial charge in [-0.2, -0.15) is 0 Å². The Labute approximate surface area is 145 Å². The highest BCUT2D eigenvalue weighted by molar-refractivity contribution is 6.34. The zero-order chi connectivity index (χ0) is 17.5. The van der Waals surface area contributed by atoms with E-state index in [9.17, 15) is 9.59 Å². The number of hydrogen-bond donors (Lipinski definition) is 2. The van der Waals surface area contributed by atoms with Crippen LogP contribution in [0.2, 0.25) is 5.02 Å². The standard InChI is InChI=1S/C17H18ClN3O3/c1-3-19-15(22)12-8-7-11(10-14(12)18)21-16(23)13-6-5-9-20-17(13)24-4-2/h5-10H,3-4H2,1-2H3,(H,19,22)(H,21,23). The number of anilines is 1. The van der Waals surface area contributed by atoms with Crippen LogP contribution in [0.1, 0.15) is 34.6 Å². The molecule has 126 valence electrons. The number of carbonyl (C=O) groups is 2. The smallest absolute Gasteiger partial charge is 0.261 e. The second kappa shape index (κ2) is 8.31. The number of pyridine rings is 1. The Morgan fingerprint density at radius 3 is 2.62 bits per heavy atom. The van der Waals surface area contributed by atoms with Gasteiger partial charge in [-0.15, -0.1) is 0 Å². The summed E-state index contributed by atoms with van der Waals surface area (Å²) in [6.45, 7) is 4.56. The molecule has 0 atom stereocenters. The molecule has 2 N–H and O–H groups in total. The van der Waals surface area contributed by atoms with Crippen LogP contribution in [0.5, 0.6) is 5.88 Å². The topological polar surface area (TPSA) is 80.3 Å². The van der Waals surface area contributed by atoms with Gasteiger partial charge in [0.2, 0.25) is 5.88 Å². The fraction of sp³-hybridized carbons (Fsp3) is 0.235. The van der Waals surface area contributed by atoms with Crippen molar-refractivity contribution >= 4 is 29.1 Å². The van der Waals surface area contributed by atoms with E-state index in [1.54, 1.807) is 30.5 Å². The first-order valence-corrected chi connectivity index (χ1v) is 7.91. The molecule has 0 bridgehead atoms. The highest BCUT2D eigenvalue weighted by atomic mass is 35.5. The van der Waals surface area contributed by atoms with Crippen LogP contribution in [-0.2, 0) is 0 Å². The van der Waals surface area contributed by atoms with Crippen molar-refractivity contribution in [1.82, 2.24) is 10.3 Å². The van der Waals surface area contributed by atoms with Crippen molar-refractivity contribution in [2.75, 3.05) is 18.5 Å². The number of nitrogens with zero attached hydrogens (tertiary/aromatic N) is 1. The van der Waals surface area contributed by atoms with Crippen molar-refractivity contribution in [3.05, 3.63) is 52.7 Å². The summed E-state index contributed by atoms with van der Waals surface area (Å²) in [6.07, 6.45) is 1.56. The third-order valence-electron chi connectivity index (χ3n) is 3.11. The van der Waals surface area contributed by atoms with Crippen LogP contribution in [0.4, 0.5) is 5.69 Å². The zero-order valence-corrected chi connectivity index (χ0v) is 14.2. The van der Waals surface area contributed by atoms with Gasteiger partial charge < -0.3 is 15.4 Å². The molecule has 0 saturated heterocycles. The zero-order valence-electron chi connectivity index (χ0n) is 13.4. The minimum absolute atomic E-state index is 0.258. The average Bonchev–Trinajstić information content (AvgIpc) is 2.56. The van der Waals surface area contributed by atoms with E-state index in [0.29, 0.717) is 30.0 Å². The first-order valence-electron chi connectivity index (χ1n) is 7.53. The van der Waals surface area contributed by atoms with Gasteiger partial charge in [-0.1, -0.05) is 11.6 Å². The molecule has 0 aliphatic rings. The summed E-state index contributed by atoms with van der Waals surface area (Å²) in [6, 6.07) is 7.99. The summed E-state index contributed by atoms with van der Waals surface area (Å²) in [7, 11) is 0. The van der Waals surface area contributed by atoms with E-state index in [4.69, 9.17) is 16.3 Å². The van der Waals surface area contributed by atoms with E-state index in [2.05, 4.69) is 15.6 Å². The number of carbonyl (C=O) groups excluding carboxylic acids is 2. The van der Waals surface area contributed by atoms with Crippen LogP contribution in [0.15, 0.2) is 36.5 Å². The number of halogens is 1. The lowest BCUT2D eigenvalue weighted by Crippen LogP contribution is -2.23. The van der Waals surface area contributed by atoms with Gasteiger partial charge in [-0.05, 0) is 44.2 Å². The molecule has 2 amide bonds. The molecule has 7 heteroatoms. The molecule has 1 aromatic carbocycles. The normalized spacial score (nSPS) is 10.1.